The summed E-state index contributed by atoms with van der Waals surface area (Å²) in [6.45, 7) is 12.2. The second-order valence-electron chi connectivity index (χ2n) is 6.99. The molecule has 0 saturated carbocycles. The van der Waals surface area contributed by atoms with E-state index in [1.807, 2.05) is 0 Å². The van der Waals surface area contributed by atoms with Gasteiger partial charge in [0.1, 0.15) is 0 Å². The van der Waals surface area contributed by atoms with Crippen LogP contribution in [-0.4, -0.2) is 37.7 Å². The molecule has 0 heterocycles. The van der Waals surface area contributed by atoms with Gasteiger partial charge in [-0.25, -0.2) is 0 Å². The predicted octanol–water partition coefficient (Wildman–Crippen LogP) is 3.29. The number of likely N-dealkylation sites (N-methyl/N-ethyl adjacent to an activating group) is 1. The first kappa shape index (κ1) is 18.1. The maximum absolute atomic E-state index is 5.94. The molecular formula is C18H32N2O. The van der Waals surface area contributed by atoms with Crippen LogP contribution in [0.1, 0.15) is 38.8 Å². The zero-order chi connectivity index (χ0) is 15.9. The van der Waals surface area contributed by atoms with Crippen molar-refractivity contribution in [3.05, 3.63) is 35.4 Å². The van der Waals surface area contributed by atoms with E-state index in [4.69, 9.17) is 4.74 Å². The number of nitrogens with one attached hydrogen (secondary N) is 1. The lowest BCUT2D eigenvalue weighted by molar-refractivity contribution is 0.0272. The first-order valence-corrected chi connectivity index (χ1v) is 7.85. The first-order chi connectivity index (χ1) is 9.83. The average Bonchev–Trinajstić information content (AvgIpc) is 2.39. The molecule has 0 bridgehead atoms. The van der Waals surface area contributed by atoms with Crippen LogP contribution >= 0.6 is 0 Å². The number of benzene rings is 1. The third kappa shape index (κ3) is 6.60. The van der Waals surface area contributed by atoms with E-state index in [0.717, 1.165) is 19.7 Å². The molecule has 0 aliphatic rings. The lowest BCUT2D eigenvalue weighted by atomic mass is 10.1. The lowest BCUT2D eigenvalue weighted by Gasteiger charge is -2.32. The molecule has 21 heavy (non-hydrogen) atoms. The monoisotopic (exact) mass is 292 g/mol. The Morgan fingerprint density at radius 1 is 1.14 bits per heavy atom. The summed E-state index contributed by atoms with van der Waals surface area (Å²) in [6, 6.07) is 8.53. The van der Waals surface area contributed by atoms with Gasteiger partial charge in [-0.15, -0.1) is 0 Å². The van der Waals surface area contributed by atoms with Crippen molar-refractivity contribution in [1.82, 2.24) is 10.2 Å². The minimum absolute atomic E-state index is 0.0604. The fourth-order valence-electron chi connectivity index (χ4n) is 1.91. The summed E-state index contributed by atoms with van der Waals surface area (Å²) in [5.41, 5.74) is 2.68. The van der Waals surface area contributed by atoms with Gasteiger partial charge in [-0.2, -0.15) is 0 Å². The molecule has 0 aliphatic heterocycles. The van der Waals surface area contributed by atoms with Crippen LogP contribution in [0.5, 0.6) is 0 Å². The van der Waals surface area contributed by atoms with Gasteiger partial charge >= 0.3 is 0 Å². The van der Waals surface area contributed by atoms with E-state index in [2.05, 4.69) is 76.3 Å². The zero-order valence-corrected chi connectivity index (χ0v) is 14.6. The Bertz CT molecular complexity index is 413. The molecule has 1 aromatic rings. The van der Waals surface area contributed by atoms with Crippen molar-refractivity contribution in [3.63, 3.8) is 0 Å². The lowest BCUT2D eigenvalue weighted by Crippen LogP contribution is -2.42. The zero-order valence-electron chi connectivity index (χ0n) is 14.6. The average molecular weight is 292 g/mol. The van der Waals surface area contributed by atoms with Gasteiger partial charge in [0.25, 0.3) is 0 Å². The van der Waals surface area contributed by atoms with Gasteiger partial charge in [-0.05, 0) is 51.5 Å². The molecule has 1 aromatic carbocycles. The first-order valence-electron chi connectivity index (χ1n) is 7.85. The van der Waals surface area contributed by atoms with Gasteiger partial charge in [0, 0.05) is 12.1 Å². The van der Waals surface area contributed by atoms with E-state index in [1.54, 1.807) is 0 Å². The molecule has 0 fully saturated rings. The van der Waals surface area contributed by atoms with Gasteiger partial charge in [0.2, 0.25) is 0 Å². The van der Waals surface area contributed by atoms with Crippen molar-refractivity contribution in [3.8, 4) is 0 Å². The highest BCUT2D eigenvalue weighted by molar-refractivity contribution is 5.26. The van der Waals surface area contributed by atoms with E-state index in [-0.39, 0.29) is 5.54 Å². The number of nitrogens with zero attached hydrogens (tertiary/aromatic N) is 1. The van der Waals surface area contributed by atoms with Crippen LogP contribution in [0.4, 0.5) is 0 Å². The predicted molar refractivity (Wildman–Crippen MR) is 90.4 cm³/mol. The Balaban J connectivity index is 2.51. The van der Waals surface area contributed by atoms with E-state index >= 15 is 0 Å². The van der Waals surface area contributed by atoms with Crippen LogP contribution in [0.3, 0.4) is 0 Å². The second kappa shape index (κ2) is 8.52. The highest BCUT2D eigenvalue weighted by atomic mass is 16.5. The van der Waals surface area contributed by atoms with E-state index in [0.29, 0.717) is 12.5 Å². The molecular weight excluding hydrogens is 260 g/mol. The molecule has 0 unspecified atom stereocenters. The molecule has 1 rings (SSSR count). The summed E-state index contributed by atoms with van der Waals surface area (Å²) < 4.78 is 5.94. The Hall–Kier alpha value is -0.900. The van der Waals surface area contributed by atoms with Gasteiger partial charge in [-0.3, -0.25) is 0 Å². The molecule has 1 N–H and O–H groups in total. The maximum Gasteiger partial charge on any atom is 0.0720 e. The van der Waals surface area contributed by atoms with Gasteiger partial charge in [-0.1, -0.05) is 38.1 Å². The number of ether oxygens (including phenoxy) is 1. The van der Waals surface area contributed by atoms with Crippen LogP contribution in [-0.2, 0) is 17.9 Å². The summed E-state index contributed by atoms with van der Waals surface area (Å²) in [6.07, 6.45) is 0. The second-order valence-corrected chi connectivity index (χ2v) is 6.99. The smallest absolute Gasteiger partial charge is 0.0720 e. The number of rotatable bonds is 9. The summed E-state index contributed by atoms with van der Waals surface area (Å²) >= 11 is 0. The van der Waals surface area contributed by atoms with Crippen molar-refractivity contribution >= 4 is 0 Å². The highest BCUT2D eigenvalue weighted by Gasteiger charge is 2.20. The van der Waals surface area contributed by atoms with E-state index in [1.165, 1.54) is 11.1 Å². The van der Waals surface area contributed by atoms with Crippen LogP contribution in [0.25, 0.3) is 0 Å². The molecule has 0 spiro atoms. The van der Waals surface area contributed by atoms with E-state index in [9.17, 15) is 0 Å². The number of hydrogen-bond acceptors (Lipinski definition) is 3. The minimum atomic E-state index is 0.0604. The Morgan fingerprint density at radius 2 is 1.76 bits per heavy atom. The van der Waals surface area contributed by atoms with Gasteiger partial charge < -0.3 is 15.0 Å². The number of hydrogen-bond donors (Lipinski definition) is 1. The van der Waals surface area contributed by atoms with Crippen molar-refractivity contribution in [2.24, 2.45) is 5.92 Å². The maximum atomic E-state index is 5.94. The van der Waals surface area contributed by atoms with Crippen LogP contribution in [0.2, 0.25) is 0 Å². The molecule has 0 aliphatic carbocycles. The minimum Gasteiger partial charge on any atom is -0.375 e. The molecule has 120 valence electrons. The van der Waals surface area contributed by atoms with Crippen LogP contribution in [0, 0.1) is 5.92 Å². The molecule has 0 aromatic heterocycles. The normalized spacial score (nSPS) is 12.4. The third-order valence-corrected chi connectivity index (χ3v) is 3.91. The van der Waals surface area contributed by atoms with Gasteiger partial charge in [0.15, 0.2) is 0 Å². The SMILES string of the molecule is CC(C)CNCc1ccccc1COCC(C)(C)N(C)C. The molecule has 3 heteroatoms. The molecule has 0 saturated heterocycles. The van der Waals surface area contributed by atoms with Crippen molar-refractivity contribution < 1.29 is 4.74 Å². The highest BCUT2D eigenvalue weighted by Crippen LogP contribution is 2.14. The molecule has 0 radical (unpaired) electrons. The fourth-order valence-corrected chi connectivity index (χ4v) is 1.91. The van der Waals surface area contributed by atoms with E-state index < -0.39 is 0 Å². The van der Waals surface area contributed by atoms with Crippen LogP contribution in [0.15, 0.2) is 24.3 Å². The third-order valence-electron chi connectivity index (χ3n) is 3.91. The topological polar surface area (TPSA) is 24.5 Å². The Morgan fingerprint density at radius 3 is 2.33 bits per heavy atom. The van der Waals surface area contributed by atoms with Crippen molar-refractivity contribution in [1.29, 1.82) is 0 Å². The quantitative estimate of drug-likeness (QED) is 0.756. The van der Waals surface area contributed by atoms with Gasteiger partial charge in [0.05, 0.1) is 13.2 Å². The fraction of sp³-hybridized carbons (Fsp3) is 0.667. The standard InChI is InChI=1S/C18H32N2O/c1-15(2)11-19-12-16-9-7-8-10-17(16)13-21-14-18(3,4)20(5)6/h7-10,15,19H,11-14H2,1-6H3. The van der Waals surface area contributed by atoms with Crippen molar-refractivity contribution in [2.75, 3.05) is 27.2 Å². The Labute approximate surface area is 130 Å². The summed E-state index contributed by atoms with van der Waals surface area (Å²) in [7, 11) is 4.18. The summed E-state index contributed by atoms with van der Waals surface area (Å²) in [5, 5.41) is 3.50. The molecule has 0 amide bonds. The summed E-state index contributed by atoms with van der Waals surface area (Å²) in [5.74, 6) is 0.675. The largest absolute Gasteiger partial charge is 0.375 e. The molecule has 3 nitrogen and oxygen atoms in total. The van der Waals surface area contributed by atoms with Crippen LogP contribution < -0.4 is 5.32 Å². The molecule has 0 atom stereocenters. The Kier molecular flexibility index (Phi) is 7.36. The summed E-state index contributed by atoms with van der Waals surface area (Å²) in [4.78, 5) is 2.20. The van der Waals surface area contributed by atoms with Crippen molar-refractivity contribution in [2.45, 2.75) is 46.4 Å².